The van der Waals surface area contributed by atoms with E-state index in [2.05, 4.69) is 37.9 Å². The summed E-state index contributed by atoms with van der Waals surface area (Å²) in [6, 6.07) is 7.31. The average Bonchev–Trinajstić information content (AvgIpc) is 2.53. The second kappa shape index (κ2) is 8.49. The molecule has 0 fully saturated rings. The second-order valence-corrected chi connectivity index (χ2v) is 5.15. The van der Waals surface area contributed by atoms with Crippen LogP contribution in [0.5, 0.6) is 0 Å². The summed E-state index contributed by atoms with van der Waals surface area (Å²) in [6.45, 7) is 6.36. The first-order valence-corrected chi connectivity index (χ1v) is 7.63. The van der Waals surface area contributed by atoms with Gasteiger partial charge in [0.1, 0.15) is 0 Å². The Bertz CT molecular complexity index is 513. The third-order valence-electron chi connectivity index (χ3n) is 4.00. The Hall–Kier alpha value is -1.79. The molecule has 0 saturated carbocycles. The standard InChI is InChI=1S/C18H25NO2/c1-4-18(5-2,6-3)19-17(21)16-12-9-11-15(14-16)10-7-8-13-20/h9,11-12,14,20H,4-6,8,13H2,1-3H3,(H,19,21). The van der Waals surface area contributed by atoms with E-state index in [9.17, 15) is 4.79 Å². The van der Waals surface area contributed by atoms with Crippen LogP contribution in [-0.2, 0) is 0 Å². The van der Waals surface area contributed by atoms with Gasteiger partial charge in [-0.05, 0) is 37.5 Å². The summed E-state index contributed by atoms with van der Waals surface area (Å²) < 4.78 is 0. The fourth-order valence-electron chi connectivity index (χ4n) is 2.29. The van der Waals surface area contributed by atoms with E-state index in [0.717, 1.165) is 24.8 Å². The lowest BCUT2D eigenvalue weighted by molar-refractivity contribution is 0.0888. The number of aliphatic hydroxyl groups is 1. The SMILES string of the molecule is CCC(CC)(CC)NC(=O)c1cccc(C#CCCO)c1. The molecule has 0 radical (unpaired) electrons. The van der Waals surface area contributed by atoms with Gasteiger partial charge in [0.2, 0.25) is 0 Å². The fraction of sp³-hybridized carbons (Fsp3) is 0.500. The molecule has 21 heavy (non-hydrogen) atoms. The molecule has 114 valence electrons. The monoisotopic (exact) mass is 287 g/mol. The summed E-state index contributed by atoms with van der Waals surface area (Å²) in [5, 5.41) is 11.9. The third-order valence-corrected chi connectivity index (χ3v) is 4.00. The van der Waals surface area contributed by atoms with Gasteiger partial charge in [-0.2, -0.15) is 0 Å². The minimum Gasteiger partial charge on any atom is -0.395 e. The van der Waals surface area contributed by atoms with Crippen molar-refractivity contribution in [3.8, 4) is 11.8 Å². The lowest BCUT2D eigenvalue weighted by Gasteiger charge is -2.31. The van der Waals surface area contributed by atoms with Gasteiger partial charge in [0, 0.05) is 23.1 Å². The number of carbonyl (C=O) groups excluding carboxylic acids is 1. The Labute approximate surface area is 127 Å². The summed E-state index contributed by atoms with van der Waals surface area (Å²) in [7, 11) is 0. The zero-order chi connectivity index (χ0) is 15.7. The number of nitrogens with one attached hydrogen (secondary N) is 1. The second-order valence-electron chi connectivity index (χ2n) is 5.15. The molecule has 3 heteroatoms. The minimum absolute atomic E-state index is 0.0497. The number of benzene rings is 1. The lowest BCUT2D eigenvalue weighted by Crippen LogP contribution is -2.47. The Morgan fingerprint density at radius 1 is 1.24 bits per heavy atom. The molecule has 3 nitrogen and oxygen atoms in total. The van der Waals surface area contributed by atoms with Crippen molar-refractivity contribution >= 4 is 5.91 Å². The van der Waals surface area contributed by atoms with Crippen LogP contribution in [0.3, 0.4) is 0 Å². The number of hydrogen-bond donors (Lipinski definition) is 2. The van der Waals surface area contributed by atoms with E-state index >= 15 is 0 Å². The summed E-state index contributed by atoms with van der Waals surface area (Å²) in [6.07, 6.45) is 3.20. The molecule has 1 aromatic carbocycles. The summed E-state index contributed by atoms with van der Waals surface area (Å²) in [5.74, 6) is 5.77. The van der Waals surface area contributed by atoms with Gasteiger partial charge in [0.05, 0.1) is 6.61 Å². The number of carbonyl (C=O) groups is 1. The van der Waals surface area contributed by atoms with E-state index in [1.165, 1.54) is 0 Å². The van der Waals surface area contributed by atoms with E-state index in [0.29, 0.717) is 12.0 Å². The average molecular weight is 287 g/mol. The Morgan fingerprint density at radius 2 is 1.90 bits per heavy atom. The lowest BCUT2D eigenvalue weighted by atomic mass is 9.89. The summed E-state index contributed by atoms with van der Waals surface area (Å²) >= 11 is 0. The molecule has 1 amide bonds. The molecule has 0 spiro atoms. The van der Waals surface area contributed by atoms with Crippen LogP contribution in [0.1, 0.15) is 62.4 Å². The fourth-order valence-corrected chi connectivity index (χ4v) is 2.29. The molecule has 0 saturated heterocycles. The Kier molecular flexibility index (Phi) is 6.98. The van der Waals surface area contributed by atoms with Gasteiger partial charge in [0.25, 0.3) is 5.91 Å². The summed E-state index contributed by atoms with van der Waals surface area (Å²) in [4.78, 5) is 12.4. The van der Waals surface area contributed by atoms with Gasteiger partial charge >= 0.3 is 0 Å². The van der Waals surface area contributed by atoms with Gasteiger partial charge in [-0.15, -0.1) is 0 Å². The highest BCUT2D eigenvalue weighted by atomic mass is 16.2. The van der Waals surface area contributed by atoms with Gasteiger partial charge in [-0.1, -0.05) is 38.7 Å². The molecule has 0 aliphatic rings. The highest BCUT2D eigenvalue weighted by Crippen LogP contribution is 2.20. The molecule has 0 heterocycles. The largest absolute Gasteiger partial charge is 0.395 e. The molecule has 2 N–H and O–H groups in total. The van der Waals surface area contributed by atoms with Gasteiger partial charge in [-0.3, -0.25) is 4.79 Å². The molecular weight excluding hydrogens is 262 g/mol. The minimum atomic E-state index is -0.129. The number of amides is 1. The molecule has 1 rings (SSSR count). The Morgan fingerprint density at radius 3 is 2.48 bits per heavy atom. The van der Waals surface area contributed by atoms with Crippen LogP contribution in [0.15, 0.2) is 24.3 Å². The van der Waals surface area contributed by atoms with Crippen LogP contribution in [0.25, 0.3) is 0 Å². The van der Waals surface area contributed by atoms with Crippen LogP contribution in [0.4, 0.5) is 0 Å². The number of hydrogen-bond acceptors (Lipinski definition) is 2. The maximum absolute atomic E-state index is 12.4. The molecule has 1 aromatic rings. The van der Waals surface area contributed by atoms with Crippen LogP contribution < -0.4 is 5.32 Å². The smallest absolute Gasteiger partial charge is 0.251 e. The Balaban J connectivity index is 2.88. The zero-order valence-electron chi connectivity index (χ0n) is 13.2. The van der Waals surface area contributed by atoms with Crippen molar-refractivity contribution in [2.75, 3.05) is 6.61 Å². The molecule has 0 aliphatic carbocycles. The van der Waals surface area contributed by atoms with Crippen LogP contribution in [0.2, 0.25) is 0 Å². The van der Waals surface area contributed by atoms with Crippen LogP contribution in [0, 0.1) is 11.8 Å². The predicted molar refractivity (Wildman–Crippen MR) is 86.1 cm³/mol. The molecular formula is C18H25NO2. The van der Waals surface area contributed by atoms with E-state index in [-0.39, 0.29) is 18.1 Å². The summed E-state index contributed by atoms with van der Waals surface area (Å²) in [5.41, 5.74) is 1.30. The zero-order valence-corrected chi connectivity index (χ0v) is 13.2. The van der Waals surface area contributed by atoms with Gasteiger partial charge in [0.15, 0.2) is 0 Å². The highest BCUT2D eigenvalue weighted by Gasteiger charge is 2.26. The van der Waals surface area contributed by atoms with Crippen molar-refractivity contribution in [2.45, 2.75) is 52.0 Å². The van der Waals surface area contributed by atoms with Crippen LogP contribution in [-0.4, -0.2) is 23.2 Å². The number of rotatable bonds is 6. The van der Waals surface area contributed by atoms with E-state index < -0.39 is 0 Å². The first kappa shape index (κ1) is 17.3. The van der Waals surface area contributed by atoms with Crippen molar-refractivity contribution in [1.29, 1.82) is 0 Å². The third kappa shape index (κ3) is 4.91. The predicted octanol–water partition coefficient (Wildman–Crippen LogP) is 3.12. The van der Waals surface area contributed by atoms with Crippen molar-refractivity contribution < 1.29 is 9.90 Å². The van der Waals surface area contributed by atoms with Gasteiger partial charge in [-0.25, -0.2) is 0 Å². The highest BCUT2D eigenvalue weighted by molar-refractivity contribution is 5.95. The van der Waals surface area contributed by atoms with E-state index in [4.69, 9.17) is 5.11 Å². The van der Waals surface area contributed by atoms with Crippen molar-refractivity contribution in [3.05, 3.63) is 35.4 Å². The molecule has 0 atom stereocenters. The quantitative estimate of drug-likeness (QED) is 0.790. The van der Waals surface area contributed by atoms with E-state index in [1.807, 2.05) is 12.1 Å². The van der Waals surface area contributed by atoms with Crippen molar-refractivity contribution in [1.82, 2.24) is 5.32 Å². The maximum atomic E-state index is 12.4. The van der Waals surface area contributed by atoms with E-state index in [1.54, 1.807) is 12.1 Å². The number of aliphatic hydroxyl groups excluding tert-OH is 1. The van der Waals surface area contributed by atoms with Crippen LogP contribution >= 0.6 is 0 Å². The first-order valence-electron chi connectivity index (χ1n) is 7.63. The molecule has 0 aliphatic heterocycles. The van der Waals surface area contributed by atoms with Crippen molar-refractivity contribution in [3.63, 3.8) is 0 Å². The normalized spacial score (nSPS) is 10.7. The molecule has 0 bridgehead atoms. The molecule has 0 aromatic heterocycles. The molecule has 0 unspecified atom stereocenters. The van der Waals surface area contributed by atoms with Gasteiger partial charge < -0.3 is 10.4 Å². The maximum Gasteiger partial charge on any atom is 0.251 e. The van der Waals surface area contributed by atoms with Crippen molar-refractivity contribution in [2.24, 2.45) is 0 Å². The topological polar surface area (TPSA) is 49.3 Å². The first-order chi connectivity index (χ1) is 10.1.